The maximum Gasteiger partial charge on any atom is 0.143 e. The molecule has 2 aliphatic rings. The monoisotopic (exact) mass is 240 g/mol. The summed E-state index contributed by atoms with van der Waals surface area (Å²) in [6, 6.07) is 3.64. The van der Waals surface area contributed by atoms with Crippen molar-refractivity contribution < 1.29 is 9.13 Å². The molecule has 0 fully saturated rings. The molecule has 66 valence electrons. The molecular weight excluding hydrogens is 235 g/mol. The van der Waals surface area contributed by atoms with Crippen molar-refractivity contribution in [1.29, 1.82) is 0 Å². The fourth-order valence-electron chi connectivity index (χ4n) is 1.91. The molecule has 1 aromatic rings. The van der Waals surface area contributed by atoms with Gasteiger partial charge in [-0.2, -0.15) is 0 Å². The topological polar surface area (TPSA) is 9.23 Å². The Labute approximate surface area is 83.3 Å². The van der Waals surface area contributed by atoms with Gasteiger partial charge >= 0.3 is 0 Å². The van der Waals surface area contributed by atoms with Gasteiger partial charge in [0.15, 0.2) is 0 Å². The lowest BCUT2D eigenvalue weighted by Gasteiger charge is -2.08. The summed E-state index contributed by atoms with van der Waals surface area (Å²) in [4.78, 5) is 0. The van der Waals surface area contributed by atoms with E-state index in [1.165, 1.54) is 0 Å². The number of halogens is 2. The summed E-state index contributed by atoms with van der Waals surface area (Å²) in [6.07, 6.45) is 3.68. The molecule has 3 rings (SSSR count). The van der Waals surface area contributed by atoms with Gasteiger partial charge in [-0.15, -0.1) is 0 Å². The van der Waals surface area contributed by atoms with Gasteiger partial charge in [-0.05, 0) is 27.6 Å². The van der Waals surface area contributed by atoms with Crippen LogP contribution >= 0.6 is 15.9 Å². The summed E-state index contributed by atoms with van der Waals surface area (Å²) in [6.45, 7) is 0. The quantitative estimate of drug-likeness (QED) is 0.633. The molecule has 13 heavy (non-hydrogen) atoms. The number of ether oxygens (including phenoxy) is 1. The standard InChI is InChI=1S/C10H6BrFO/c11-6-2-1-5-7-3-4-8(13-7)9(5)10(6)12/h1-4,7-8H/t7-,8+/m1/s1. The second-order valence-corrected chi connectivity index (χ2v) is 4.08. The molecule has 2 heterocycles. The minimum atomic E-state index is -0.186. The normalized spacial score (nSPS) is 28.2. The molecule has 2 bridgehead atoms. The van der Waals surface area contributed by atoms with E-state index in [0.717, 1.165) is 5.56 Å². The summed E-state index contributed by atoms with van der Waals surface area (Å²) in [7, 11) is 0. The van der Waals surface area contributed by atoms with Crippen molar-refractivity contribution in [2.45, 2.75) is 12.2 Å². The number of fused-ring (bicyclic) bond motifs is 5. The van der Waals surface area contributed by atoms with Crippen LogP contribution in [-0.2, 0) is 4.74 Å². The minimum Gasteiger partial charge on any atom is -0.357 e. The molecular formula is C10H6BrFO. The van der Waals surface area contributed by atoms with Crippen LogP contribution in [0, 0.1) is 5.82 Å². The van der Waals surface area contributed by atoms with Crippen LogP contribution < -0.4 is 0 Å². The first-order valence-corrected chi connectivity index (χ1v) is 4.88. The van der Waals surface area contributed by atoms with Crippen molar-refractivity contribution in [2.24, 2.45) is 0 Å². The molecule has 0 saturated carbocycles. The van der Waals surface area contributed by atoms with Crippen LogP contribution in [0.4, 0.5) is 4.39 Å². The molecule has 1 aromatic carbocycles. The molecule has 0 aliphatic carbocycles. The summed E-state index contributed by atoms with van der Waals surface area (Å²) >= 11 is 3.17. The van der Waals surface area contributed by atoms with E-state index in [4.69, 9.17) is 4.74 Å². The summed E-state index contributed by atoms with van der Waals surface area (Å²) in [5.74, 6) is -0.186. The molecule has 0 saturated heterocycles. The van der Waals surface area contributed by atoms with Gasteiger partial charge in [-0.25, -0.2) is 4.39 Å². The first-order valence-electron chi connectivity index (χ1n) is 4.09. The molecule has 0 amide bonds. The maximum atomic E-state index is 13.6. The van der Waals surface area contributed by atoms with Crippen LogP contribution in [0.5, 0.6) is 0 Å². The molecule has 1 nitrogen and oxygen atoms in total. The van der Waals surface area contributed by atoms with Gasteiger partial charge in [-0.3, -0.25) is 0 Å². The van der Waals surface area contributed by atoms with E-state index in [0.29, 0.717) is 10.0 Å². The summed E-state index contributed by atoms with van der Waals surface area (Å²) in [5.41, 5.74) is 1.66. The molecule has 0 unspecified atom stereocenters. The van der Waals surface area contributed by atoms with E-state index in [1.807, 2.05) is 18.2 Å². The van der Waals surface area contributed by atoms with Gasteiger partial charge in [0.2, 0.25) is 0 Å². The Morgan fingerprint density at radius 3 is 2.85 bits per heavy atom. The molecule has 2 atom stereocenters. The lowest BCUT2D eigenvalue weighted by molar-refractivity contribution is 0.0867. The maximum absolute atomic E-state index is 13.6. The molecule has 0 aromatic heterocycles. The zero-order valence-electron chi connectivity index (χ0n) is 6.63. The van der Waals surface area contributed by atoms with E-state index >= 15 is 0 Å². The predicted molar refractivity (Wildman–Crippen MR) is 49.8 cm³/mol. The number of benzene rings is 1. The number of hydrogen-bond acceptors (Lipinski definition) is 1. The van der Waals surface area contributed by atoms with Crippen LogP contribution in [0.3, 0.4) is 0 Å². The van der Waals surface area contributed by atoms with Crippen molar-refractivity contribution >= 4 is 15.9 Å². The highest BCUT2D eigenvalue weighted by Gasteiger charge is 2.36. The predicted octanol–water partition coefficient (Wildman–Crippen LogP) is 3.27. The fourth-order valence-corrected chi connectivity index (χ4v) is 2.26. The third-order valence-corrected chi connectivity index (χ3v) is 3.12. The van der Waals surface area contributed by atoms with Crippen LogP contribution in [0.15, 0.2) is 28.8 Å². The summed E-state index contributed by atoms with van der Waals surface area (Å²) < 4.78 is 19.6. The average Bonchev–Trinajstić information content (AvgIpc) is 2.70. The zero-order chi connectivity index (χ0) is 9.00. The minimum absolute atomic E-state index is 0.0254. The first-order chi connectivity index (χ1) is 6.27. The largest absolute Gasteiger partial charge is 0.357 e. The van der Waals surface area contributed by atoms with E-state index in [-0.39, 0.29) is 18.0 Å². The molecule has 2 aliphatic heterocycles. The highest BCUT2D eigenvalue weighted by molar-refractivity contribution is 9.10. The molecule has 0 radical (unpaired) electrons. The Balaban J connectivity index is 2.30. The Morgan fingerprint density at radius 1 is 1.23 bits per heavy atom. The Hall–Kier alpha value is -0.670. The summed E-state index contributed by atoms with van der Waals surface area (Å²) in [5, 5.41) is 0. The Bertz CT molecular complexity index is 414. The van der Waals surface area contributed by atoms with Gasteiger partial charge in [0.1, 0.15) is 18.0 Å². The smallest absolute Gasteiger partial charge is 0.143 e. The van der Waals surface area contributed by atoms with Crippen LogP contribution in [-0.4, -0.2) is 0 Å². The first kappa shape index (κ1) is 7.71. The Kier molecular flexibility index (Phi) is 1.44. The lowest BCUT2D eigenvalue weighted by Crippen LogP contribution is -1.97. The highest BCUT2D eigenvalue weighted by atomic mass is 79.9. The fraction of sp³-hybridized carbons (Fsp3) is 0.200. The molecule has 0 N–H and O–H groups in total. The van der Waals surface area contributed by atoms with Gasteiger partial charge in [0, 0.05) is 5.56 Å². The van der Waals surface area contributed by atoms with Gasteiger partial charge in [0.05, 0.1) is 4.47 Å². The third-order valence-electron chi connectivity index (χ3n) is 2.51. The third kappa shape index (κ3) is 0.888. The van der Waals surface area contributed by atoms with Crippen molar-refractivity contribution in [3.05, 3.63) is 45.7 Å². The van der Waals surface area contributed by atoms with Crippen LogP contribution in [0.25, 0.3) is 0 Å². The van der Waals surface area contributed by atoms with E-state index in [1.54, 1.807) is 6.07 Å². The zero-order valence-corrected chi connectivity index (χ0v) is 8.21. The van der Waals surface area contributed by atoms with E-state index in [9.17, 15) is 4.39 Å². The van der Waals surface area contributed by atoms with Crippen LogP contribution in [0.2, 0.25) is 0 Å². The highest BCUT2D eigenvalue weighted by Crippen LogP contribution is 2.47. The van der Waals surface area contributed by atoms with Gasteiger partial charge < -0.3 is 4.74 Å². The number of rotatable bonds is 0. The lowest BCUT2D eigenvalue weighted by atomic mass is 9.97. The van der Waals surface area contributed by atoms with Crippen molar-refractivity contribution in [3.8, 4) is 0 Å². The second-order valence-electron chi connectivity index (χ2n) is 3.23. The Morgan fingerprint density at radius 2 is 2.00 bits per heavy atom. The second kappa shape index (κ2) is 2.42. The molecule has 3 heteroatoms. The van der Waals surface area contributed by atoms with Crippen molar-refractivity contribution in [2.75, 3.05) is 0 Å². The van der Waals surface area contributed by atoms with Gasteiger partial charge in [0.25, 0.3) is 0 Å². The SMILES string of the molecule is Fc1c(Br)ccc2c1[C@@H]1C=C[C@H]2O1. The van der Waals surface area contributed by atoms with Crippen molar-refractivity contribution in [3.63, 3.8) is 0 Å². The van der Waals surface area contributed by atoms with Crippen LogP contribution in [0.1, 0.15) is 23.3 Å². The average molecular weight is 241 g/mol. The van der Waals surface area contributed by atoms with E-state index in [2.05, 4.69) is 15.9 Å². The number of hydrogen-bond donors (Lipinski definition) is 0. The van der Waals surface area contributed by atoms with E-state index < -0.39 is 0 Å². The van der Waals surface area contributed by atoms with Gasteiger partial charge in [-0.1, -0.05) is 18.2 Å². The molecule has 0 spiro atoms. The van der Waals surface area contributed by atoms with Crippen molar-refractivity contribution in [1.82, 2.24) is 0 Å².